The van der Waals surface area contributed by atoms with Crippen molar-refractivity contribution in [3.05, 3.63) is 68.2 Å². The summed E-state index contributed by atoms with van der Waals surface area (Å²) in [5.74, 6) is -0.154. The summed E-state index contributed by atoms with van der Waals surface area (Å²) in [6.45, 7) is 1.54. The van der Waals surface area contributed by atoms with Crippen molar-refractivity contribution < 1.29 is 14.5 Å². The van der Waals surface area contributed by atoms with E-state index in [1.54, 1.807) is 43.3 Å². The lowest BCUT2D eigenvalue weighted by Gasteiger charge is -2.08. The van der Waals surface area contributed by atoms with Crippen molar-refractivity contribution in [2.45, 2.75) is 6.92 Å². The van der Waals surface area contributed by atoms with Gasteiger partial charge in [0.1, 0.15) is 0 Å². The number of benzene rings is 2. The normalized spacial score (nSPS) is 10.2. The number of nitrogens with zero attached hydrogens (tertiary/aromatic N) is 1. The Labute approximate surface area is 129 Å². The van der Waals surface area contributed by atoms with E-state index < -0.39 is 4.92 Å². The standard InChI is InChI=1S/C15H12BrNO4/c1-10-6-7-13(17(19)20)15(8-10)21-9-14(18)11-4-2-3-5-12(11)16/h2-8H,9H2,1H3. The minimum absolute atomic E-state index is 0.0976. The van der Waals surface area contributed by atoms with E-state index in [2.05, 4.69) is 15.9 Å². The molecule has 0 radical (unpaired) electrons. The fourth-order valence-electron chi connectivity index (χ4n) is 1.80. The van der Waals surface area contributed by atoms with Gasteiger partial charge in [-0.2, -0.15) is 0 Å². The first-order chi connectivity index (χ1) is 9.99. The van der Waals surface area contributed by atoms with Gasteiger partial charge in [0, 0.05) is 16.1 Å². The second-order valence-corrected chi connectivity index (χ2v) is 5.27. The van der Waals surface area contributed by atoms with Crippen molar-refractivity contribution in [1.29, 1.82) is 0 Å². The van der Waals surface area contributed by atoms with E-state index in [4.69, 9.17) is 4.74 Å². The van der Waals surface area contributed by atoms with Crippen molar-refractivity contribution >= 4 is 27.4 Å². The molecule has 21 heavy (non-hydrogen) atoms. The van der Waals surface area contributed by atoms with Gasteiger partial charge in [-0.1, -0.05) is 40.2 Å². The van der Waals surface area contributed by atoms with Gasteiger partial charge in [0.15, 0.2) is 12.4 Å². The fraction of sp³-hybridized carbons (Fsp3) is 0.133. The van der Waals surface area contributed by atoms with Crippen LogP contribution < -0.4 is 4.74 Å². The summed E-state index contributed by atoms with van der Waals surface area (Å²) in [7, 11) is 0. The maximum absolute atomic E-state index is 12.1. The molecule has 2 rings (SSSR count). The summed E-state index contributed by atoms with van der Waals surface area (Å²) in [4.78, 5) is 22.5. The Bertz CT molecular complexity index is 700. The first-order valence-corrected chi connectivity index (χ1v) is 6.94. The van der Waals surface area contributed by atoms with Gasteiger partial charge in [-0.15, -0.1) is 0 Å². The third-order valence-electron chi connectivity index (χ3n) is 2.85. The summed E-state index contributed by atoms with van der Waals surface area (Å²) in [6.07, 6.45) is 0. The zero-order chi connectivity index (χ0) is 15.4. The number of Topliss-reactive ketones (excluding diaryl/α,β-unsaturated/α-hetero) is 1. The number of ether oxygens (including phenoxy) is 1. The monoisotopic (exact) mass is 349 g/mol. The molecule has 0 aliphatic heterocycles. The summed E-state index contributed by atoms with van der Waals surface area (Å²) >= 11 is 3.29. The maximum atomic E-state index is 12.1. The van der Waals surface area contributed by atoms with Crippen LogP contribution in [0.5, 0.6) is 5.75 Å². The van der Waals surface area contributed by atoms with Crippen LogP contribution in [0.1, 0.15) is 15.9 Å². The van der Waals surface area contributed by atoms with Crippen LogP contribution in [0.3, 0.4) is 0 Å². The Hall–Kier alpha value is -2.21. The van der Waals surface area contributed by atoms with E-state index in [0.29, 0.717) is 10.0 Å². The summed E-state index contributed by atoms with van der Waals surface area (Å²) in [5.41, 5.74) is 1.15. The van der Waals surface area contributed by atoms with Crippen LogP contribution >= 0.6 is 15.9 Å². The molecule has 6 heteroatoms. The maximum Gasteiger partial charge on any atom is 0.310 e. The SMILES string of the molecule is Cc1ccc([N+](=O)[O-])c(OCC(=O)c2ccccc2Br)c1. The van der Waals surface area contributed by atoms with Gasteiger partial charge in [0.25, 0.3) is 0 Å². The molecule has 0 spiro atoms. The molecule has 5 nitrogen and oxygen atoms in total. The number of ketones is 1. The second kappa shape index (κ2) is 6.49. The molecule has 0 aliphatic carbocycles. The van der Waals surface area contributed by atoms with Crippen LogP contribution in [0.15, 0.2) is 46.9 Å². The van der Waals surface area contributed by atoms with Crippen molar-refractivity contribution in [2.24, 2.45) is 0 Å². The topological polar surface area (TPSA) is 69.4 Å². The van der Waals surface area contributed by atoms with Gasteiger partial charge in [0.2, 0.25) is 5.78 Å². The van der Waals surface area contributed by atoms with Crippen LogP contribution in [-0.2, 0) is 0 Å². The first-order valence-electron chi connectivity index (χ1n) is 6.14. The third kappa shape index (κ3) is 3.66. The Balaban J connectivity index is 2.17. The quantitative estimate of drug-likeness (QED) is 0.465. The predicted octanol–water partition coefficient (Wildman–Crippen LogP) is 3.93. The van der Waals surface area contributed by atoms with E-state index >= 15 is 0 Å². The molecule has 0 saturated heterocycles. The van der Waals surface area contributed by atoms with E-state index in [1.165, 1.54) is 6.07 Å². The van der Waals surface area contributed by atoms with E-state index in [0.717, 1.165) is 5.56 Å². The molecule has 0 bridgehead atoms. The van der Waals surface area contributed by atoms with Gasteiger partial charge in [-0.3, -0.25) is 14.9 Å². The third-order valence-corrected chi connectivity index (χ3v) is 3.54. The van der Waals surface area contributed by atoms with Crippen molar-refractivity contribution in [3.8, 4) is 5.75 Å². The Kier molecular flexibility index (Phi) is 4.70. The van der Waals surface area contributed by atoms with Crippen LogP contribution in [0, 0.1) is 17.0 Å². The average molecular weight is 350 g/mol. The van der Waals surface area contributed by atoms with Gasteiger partial charge < -0.3 is 4.74 Å². The summed E-state index contributed by atoms with van der Waals surface area (Å²) in [6, 6.07) is 11.5. The number of hydrogen-bond donors (Lipinski definition) is 0. The van der Waals surface area contributed by atoms with Gasteiger partial charge in [-0.05, 0) is 24.6 Å². The summed E-state index contributed by atoms with van der Waals surface area (Å²) in [5, 5.41) is 10.9. The lowest BCUT2D eigenvalue weighted by molar-refractivity contribution is -0.385. The fourth-order valence-corrected chi connectivity index (χ4v) is 2.30. The van der Waals surface area contributed by atoms with Crippen molar-refractivity contribution in [1.82, 2.24) is 0 Å². The van der Waals surface area contributed by atoms with Crippen LogP contribution in [0.2, 0.25) is 0 Å². The Morgan fingerprint density at radius 3 is 2.67 bits per heavy atom. The van der Waals surface area contributed by atoms with Crippen molar-refractivity contribution in [3.63, 3.8) is 0 Å². The molecule has 0 unspecified atom stereocenters. The highest BCUT2D eigenvalue weighted by Crippen LogP contribution is 2.28. The number of carbonyl (C=O) groups excluding carboxylic acids is 1. The lowest BCUT2D eigenvalue weighted by atomic mass is 10.1. The molecule has 0 saturated carbocycles. The van der Waals surface area contributed by atoms with Crippen LogP contribution in [0.4, 0.5) is 5.69 Å². The van der Waals surface area contributed by atoms with Gasteiger partial charge in [0.05, 0.1) is 4.92 Å². The molecule has 108 valence electrons. The molecular weight excluding hydrogens is 338 g/mol. The highest BCUT2D eigenvalue weighted by Gasteiger charge is 2.17. The molecule has 2 aromatic rings. The molecule has 2 aromatic carbocycles. The molecular formula is C15H12BrNO4. The van der Waals surface area contributed by atoms with Crippen molar-refractivity contribution in [2.75, 3.05) is 6.61 Å². The lowest BCUT2D eigenvalue weighted by Crippen LogP contribution is -2.13. The second-order valence-electron chi connectivity index (χ2n) is 4.42. The molecule has 0 aliphatic rings. The molecule has 0 fully saturated rings. The Morgan fingerprint density at radius 2 is 2.00 bits per heavy atom. The molecule has 0 amide bonds. The first kappa shape index (κ1) is 15.2. The number of aryl methyl sites for hydroxylation is 1. The highest BCUT2D eigenvalue weighted by atomic mass is 79.9. The zero-order valence-electron chi connectivity index (χ0n) is 11.2. The number of nitro benzene ring substituents is 1. The molecule has 0 atom stereocenters. The number of hydrogen-bond acceptors (Lipinski definition) is 4. The smallest absolute Gasteiger partial charge is 0.310 e. The highest BCUT2D eigenvalue weighted by molar-refractivity contribution is 9.10. The minimum Gasteiger partial charge on any atom is -0.478 e. The van der Waals surface area contributed by atoms with E-state index in [1.807, 2.05) is 0 Å². The zero-order valence-corrected chi connectivity index (χ0v) is 12.8. The van der Waals surface area contributed by atoms with E-state index in [9.17, 15) is 14.9 Å². The Morgan fingerprint density at radius 1 is 1.29 bits per heavy atom. The number of nitro groups is 1. The largest absolute Gasteiger partial charge is 0.478 e. The molecule has 0 aromatic heterocycles. The van der Waals surface area contributed by atoms with Crippen LogP contribution in [0.25, 0.3) is 0 Å². The predicted molar refractivity (Wildman–Crippen MR) is 81.8 cm³/mol. The van der Waals surface area contributed by atoms with Gasteiger partial charge in [-0.25, -0.2) is 0 Å². The number of halogens is 1. The number of rotatable bonds is 5. The molecule has 0 heterocycles. The van der Waals surface area contributed by atoms with Crippen LogP contribution in [-0.4, -0.2) is 17.3 Å². The van der Waals surface area contributed by atoms with Gasteiger partial charge >= 0.3 is 5.69 Å². The summed E-state index contributed by atoms with van der Waals surface area (Å²) < 4.78 is 6.00. The minimum atomic E-state index is -0.530. The van der Waals surface area contributed by atoms with E-state index in [-0.39, 0.29) is 23.8 Å². The average Bonchev–Trinajstić information content (AvgIpc) is 2.45. The molecule has 0 N–H and O–H groups in total. The number of carbonyl (C=O) groups is 1.